The van der Waals surface area contributed by atoms with Crippen LogP contribution in [0.2, 0.25) is 0 Å². The zero-order chi connectivity index (χ0) is 16.5. The van der Waals surface area contributed by atoms with Gasteiger partial charge in [-0.2, -0.15) is 0 Å². The molecule has 0 unspecified atom stereocenters. The van der Waals surface area contributed by atoms with Crippen molar-refractivity contribution in [3.05, 3.63) is 27.2 Å². The second-order valence-electron chi connectivity index (χ2n) is 4.86. The van der Waals surface area contributed by atoms with Gasteiger partial charge in [-0.3, -0.25) is 0 Å². The molecule has 2 N–H and O–H groups in total. The molecule has 0 spiro atoms. The lowest BCUT2D eigenvalue weighted by molar-refractivity contribution is 0.790. The van der Waals surface area contributed by atoms with Crippen LogP contribution in [0.3, 0.4) is 0 Å². The lowest BCUT2D eigenvalue weighted by atomic mass is 10.4. The monoisotopic (exact) mass is 369 g/mol. The van der Waals surface area contributed by atoms with E-state index in [1.165, 1.54) is 4.88 Å². The molecule has 2 aromatic rings. The summed E-state index contributed by atoms with van der Waals surface area (Å²) in [5.41, 5.74) is 1.09. The number of hydrogen-bond acceptors (Lipinski definition) is 6. The smallest absolute Gasteiger partial charge is 0.191 e. The van der Waals surface area contributed by atoms with Gasteiger partial charge in [0.1, 0.15) is 4.34 Å². The first-order valence-electron chi connectivity index (χ1n) is 7.66. The van der Waals surface area contributed by atoms with Gasteiger partial charge < -0.3 is 10.6 Å². The van der Waals surface area contributed by atoms with Crippen molar-refractivity contribution in [1.29, 1.82) is 0 Å². The van der Waals surface area contributed by atoms with Crippen molar-refractivity contribution < 1.29 is 0 Å². The van der Waals surface area contributed by atoms with Crippen LogP contribution in [0.25, 0.3) is 0 Å². The number of thiazole rings is 2. The Kier molecular flexibility index (Phi) is 7.84. The predicted molar refractivity (Wildman–Crippen MR) is 102 cm³/mol. The SMILES string of the molecule is CCNC(=NCc1sc(C)nc1C)NCCCSc1nccs1. The second-order valence-corrected chi connectivity index (χ2v) is 8.39. The fourth-order valence-corrected chi connectivity index (χ4v) is 4.44. The van der Waals surface area contributed by atoms with Crippen LogP contribution in [0.1, 0.15) is 28.9 Å². The van der Waals surface area contributed by atoms with Gasteiger partial charge in [0, 0.05) is 35.3 Å². The molecule has 2 aromatic heterocycles. The predicted octanol–water partition coefficient (Wildman–Crippen LogP) is 3.45. The molecule has 2 rings (SSSR count). The average Bonchev–Trinajstić information content (AvgIpc) is 3.14. The summed E-state index contributed by atoms with van der Waals surface area (Å²) in [5, 5.41) is 9.79. The molecular weight excluding hydrogens is 346 g/mol. The van der Waals surface area contributed by atoms with E-state index >= 15 is 0 Å². The number of rotatable bonds is 8. The Balaban J connectivity index is 1.74. The van der Waals surface area contributed by atoms with Crippen molar-refractivity contribution in [3.8, 4) is 0 Å². The molecule has 0 saturated heterocycles. The fraction of sp³-hybridized carbons (Fsp3) is 0.533. The molecular formula is C15H23N5S3. The third kappa shape index (κ3) is 6.48. The van der Waals surface area contributed by atoms with Gasteiger partial charge >= 0.3 is 0 Å². The van der Waals surface area contributed by atoms with Crippen LogP contribution in [0.15, 0.2) is 20.9 Å². The van der Waals surface area contributed by atoms with Crippen molar-refractivity contribution in [3.63, 3.8) is 0 Å². The Morgan fingerprint density at radius 1 is 1.35 bits per heavy atom. The van der Waals surface area contributed by atoms with E-state index in [1.807, 2.05) is 37.2 Å². The Morgan fingerprint density at radius 3 is 2.87 bits per heavy atom. The van der Waals surface area contributed by atoms with Crippen molar-refractivity contribution in [2.45, 2.75) is 38.1 Å². The van der Waals surface area contributed by atoms with E-state index in [9.17, 15) is 0 Å². The van der Waals surface area contributed by atoms with Gasteiger partial charge in [0.15, 0.2) is 5.96 Å². The summed E-state index contributed by atoms with van der Waals surface area (Å²) in [6, 6.07) is 0. The summed E-state index contributed by atoms with van der Waals surface area (Å²) in [4.78, 5) is 14.6. The Morgan fingerprint density at radius 2 is 2.22 bits per heavy atom. The molecule has 0 saturated carbocycles. The third-order valence-electron chi connectivity index (χ3n) is 2.97. The van der Waals surface area contributed by atoms with Gasteiger partial charge in [-0.15, -0.1) is 22.7 Å². The number of nitrogens with zero attached hydrogens (tertiary/aromatic N) is 3. The molecule has 126 valence electrons. The number of aryl methyl sites for hydroxylation is 2. The quantitative estimate of drug-likeness (QED) is 0.323. The molecule has 0 amide bonds. The van der Waals surface area contributed by atoms with Crippen molar-refractivity contribution in [1.82, 2.24) is 20.6 Å². The number of guanidine groups is 1. The van der Waals surface area contributed by atoms with Crippen LogP contribution in [0.5, 0.6) is 0 Å². The fourth-order valence-electron chi connectivity index (χ4n) is 1.93. The molecule has 23 heavy (non-hydrogen) atoms. The maximum atomic E-state index is 4.65. The van der Waals surface area contributed by atoms with E-state index in [0.717, 1.165) is 46.3 Å². The first-order valence-corrected chi connectivity index (χ1v) is 10.3. The Labute approximate surface area is 150 Å². The van der Waals surface area contributed by atoms with Crippen LogP contribution < -0.4 is 10.6 Å². The summed E-state index contributed by atoms with van der Waals surface area (Å²) in [6.07, 6.45) is 2.93. The minimum absolute atomic E-state index is 0.681. The van der Waals surface area contributed by atoms with Crippen molar-refractivity contribution in [2.24, 2.45) is 4.99 Å². The average molecular weight is 370 g/mol. The van der Waals surface area contributed by atoms with Gasteiger partial charge in [-0.05, 0) is 27.2 Å². The van der Waals surface area contributed by atoms with Crippen LogP contribution in [0.4, 0.5) is 0 Å². The summed E-state index contributed by atoms with van der Waals surface area (Å²) < 4.78 is 1.14. The highest BCUT2D eigenvalue weighted by Crippen LogP contribution is 2.20. The van der Waals surface area contributed by atoms with E-state index < -0.39 is 0 Å². The highest BCUT2D eigenvalue weighted by Gasteiger charge is 2.05. The topological polar surface area (TPSA) is 62.2 Å². The van der Waals surface area contributed by atoms with Crippen LogP contribution in [-0.4, -0.2) is 34.8 Å². The number of aliphatic imine (C=N–C) groups is 1. The normalized spacial score (nSPS) is 11.7. The van der Waals surface area contributed by atoms with Crippen LogP contribution in [0, 0.1) is 13.8 Å². The van der Waals surface area contributed by atoms with E-state index in [2.05, 4.69) is 32.5 Å². The van der Waals surface area contributed by atoms with Gasteiger partial charge in [0.2, 0.25) is 0 Å². The standard InChI is InChI=1S/C15H23N5S3/c1-4-16-14(19-10-13-11(2)20-12(3)23-13)17-6-5-8-21-15-18-7-9-22-15/h7,9H,4-6,8,10H2,1-3H3,(H2,16,17,19). The third-order valence-corrected chi connectivity index (χ3v) is 6.08. The van der Waals surface area contributed by atoms with Crippen molar-refractivity contribution in [2.75, 3.05) is 18.8 Å². The molecule has 0 aliphatic rings. The number of hydrogen-bond donors (Lipinski definition) is 2. The van der Waals surface area contributed by atoms with E-state index in [0.29, 0.717) is 6.54 Å². The highest BCUT2D eigenvalue weighted by molar-refractivity contribution is 8.00. The highest BCUT2D eigenvalue weighted by atomic mass is 32.2. The van der Waals surface area contributed by atoms with E-state index in [1.54, 1.807) is 22.7 Å². The largest absolute Gasteiger partial charge is 0.357 e. The summed E-state index contributed by atoms with van der Waals surface area (Å²) in [7, 11) is 0. The van der Waals surface area contributed by atoms with Gasteiger partial charge in [-0.25, -0.2) is 15.0 Å². The van der Waals surface area contributed by atoms with E-state index in [4.69, 9.17) is 0 Å². The zero-order valence-corrected chi connectivity index (χ0v) is 16.2. The minimum atomic E-state index is 0.681. The minimum Gasteiger partial charge on any atom is -0.357 e. The van der Waals surface area contributed by atoms with Gasteiger partial charge in [0.25, 0.3) is 0 Å². The Hall–Kier alpha value is -1.12. The zero-order valence-electron chi connectivity index (χ0n) is 13.8. The maximum Gasteiger partial charge on any atom is 0.191 e. The van der Waals surface area contributed by atoms with E-state index in [-0.39, 0.29) is 0 Å². The lowest BCUT2D eigenvalue weighted by Crippen LogP contribution is -2.37. The summed E-state index contributed by atoms with van der Waals surface area (Å²) in [5.74, 6) is 1.93. The molecule has 0 aliphatic carbocycles. The molecule has 0 fully saturated rings. The van der Waals surface area contributed by atoms with Crippen LogP contribution in [-0.2, 0) is 6.54 Å². The molecule has 5 nitrogen and oxygen atoms in total. The van der Waals surface area contributed by atoms with Crippen molar-refractivity contribution >= 4 is 40.4 Å². The molecule has 0 atom stereocenters. The molecule has 0 aliphatic heterocycles. The molecule has 0 bridgehead atoms. The number of thioether (sulfide) groups is 1. The molecule has 2 heterocycles. The Bertz CT molecular complexity index is 607. The lowest BCUT2D eigenvalue weighted by Gasteiger charge is -2.10. The summed E-state index contributed by atoms with van der Waals surface area (Å²) >= 11 is 5.22. The maximum absolute atomic E-state index is 4.65. The summed E-state index contributed by atoms with van der Waals surface area (Å²) in [6.45, 7) is 8.61. The second kappa shape index (κ2) is 9.89. The van der Waals surface area contributed by atoms with Gasteiger partial charge in [-0.1, -0.05) is 11.8 Å². The van der Waals surface area contributed by atoms with Gasteiger partial charge in [0.05, 0.1) is 17.2 Å². The van der Waals surface area contributed by atoms with Crippen LogP contribution >= 0.6 is 34.4 Å². The first-order chi connectivity index (χ1) is 11.2. The number of nitrogens with one attached hydrogen (secondary N) is 2. The first kappa shape index (κ1) is 18.2. The molecule has 8 heteroatoms. The molecule has 0 aromatic carbocycles. The number of aromatic nitrogens is 2. The molecule has 0 radical (unpaired) electrons.